The zero-order valence-corrected chi connectivity index (χ0v) is 22.2. The van der Waals surface area contributed by atoms with Crippen molar-refractivity contribution in [2.75, 3.05) is 26.3 Å². The number of hydrogen-bond donors (Lipinski definition) is 0. The monoisotopic (exact) mass is 526 g/mol. The van der Waals surface area contributed by atoms with Crippen LogP contribution in [0.15, 0.2) is 24.3 Å². The van der Waals surface area contributed by atoms with Crippen LogP contribution in [0, 0.1) is 5.92 Å². The lowest BCUT2D eigenvalue weighted by Crippen LogP contribution is -2.65. The Hall–Kier alpha value is -2.69. The number of carbonyl (C=O) groups excluding carboxylic acids is 2. The summed E-state index contributed by atoms with van der Waals surface area (Å²) in [6.45, 7) is 8.86. The zero-order valence-electron chi connectivity index (χ0n) is 21.4. The molecule has 4 aliphatic heterocycles. The summed E-state index contributed by atoms with van der Waals surface area (Å²) < 4.78 is 32.7. The molecule has 0 N–H and O–H groups in total. The van der Waals surface area contributed by atoms with E-state index in [0.29, 0.717) is 24.2 Å². The SMILES string of the molecule is CCOC(=O)[C@@]12COC34OC(=S)OC31CCN1CCC4C1c1c2n(C(=O)OC(C)(C)C)c2ccccc12. The van der Waals surface area contributed by atoms with Gasteiger partial charge in [-0.1, -0.05) is 18.2 Å². The molecule has 4 saturated heterocycles. The van der Waals surface area contributed by atoms with Crippen molar-refractivity contribution in [2.45, 2.75) is 69.0 Å². The van der Waals surface area contributed by atoms with Gasteiger partial charge in [0.1, 0.15) is 5.60 Å². The quantitative estimate of drug-likeness (QED) is 0.428. The van der Waals surface area contributed by atoms with Crippen LogP contribution in [0.4, 0.5) is 4.79 Å². The van der Waals surface area contributed by atoms with E-state index in [4.69, 9.17) is 35.9 Å². The second-order valence-corrected chi connectivity index (χ2v) is 11.9. The van der Waals surface area contributed by atoms with E-state index >= 15 is 0 Å². The van der Waals surface area contributed by atoms with E-state index in [-0.39, 0.29) is 30.4 Å². The lowest BCUT2D eigenvalue weighted by molar-refractivity contribution is -0.225. The number of benzene rings is 1. The van der Waals surface area contributed by atoms with Gasteiger partial charge in [0.15, 0.2) is 5.41 Å². The van der Waals surface area contributed by atoms with E-state index < -0.39 is 34.5 Å². The van der Waals surface area contributed by atoms with Gasteiger partial charge in [0.25, 0.3) is 5.79 Å². The molecule has 5 heterocycles. The van der Waals surface area contributed by atoms with Crippen LogP contribution in [0.2, 0.25) is 0 Å². The minimum atomic E-state index is -1.49. The van der Waals surface area contributed by atoms with Crippen LogP contribution < -0.4 is 0 Å². The van der Waals surface area contributed by atoms with E-state index in [0.717, 1.165) is 23.9 Å². The summed E-state index contributed by atoms with van der Waals surface area (Å²) >= 11 is 5.48. The first-order valence-electron chi connectivity index (χ1n) is 12.9. The Kier molecular flexibility index (Phi) is 4.58. The smallest absolute Gasteiger partial charge is 0.419 e. The second-order valence-electron chi connectivity index (χ2n) is 11.6. The fraction of sp³-hybridized carbons (Fsp3) is 0.593. The third-order valence-electron chi connectivity index (χ3n) is 8.80. The number of thiocarbonyl (C=S) groups is 1. The molecule has 0 spiro atoms. The topological polar surface area (TPSA) is 88.5 Å². The molecule has 5 unspecified atom stereocenters. The maximum absolute atomic E-state index is 14.3. The average molecular weight is 527 g/mol. The highest BCUT2D eigenvalue weighted by Gasteiger charge is 2.87. The van der Waals surface area contributed by atoms with Crippen LogP contribution in [0.1, 0.15) is 57.8 Å². The van der Waals surface area contributed by atoms with Crippen LogP contribution in [0.25, 0.3) is 10.9 Å². The summed E-state index contributed by atoms with van der Waals surface area (Å²) in [5.41, 5.74) is -1.43. The van der Waals surface area contributed by atoms with Gasteiger partial charge in [-0.05, 0) is 46.7 Å². The average Bonchev–Trinajstić information content (AvgIpc) is 3.48. The summed E-state index contributed by atoms with van der Waals surface area (Å²) in [6.07, 6.45) is 0.656. The summed E-state index contributed by atoms with van der Waals surface area (Å²) in [4.78, 5) is 30.7. The molecule has 1 aromatic carbocycles. The van der Waals surface area contributed by atoms with Crippen molar-refractivity contribution in [3.63, 3.8) is 0 Å². The van der Waals surface area contributed by atoms with E-state index in [1.165, 1.54) is 0 Å². The summed E-state index contributed by atoms with van der Waals surface area (Å²) in [6, 6.07) is 7.58. The van der Waals surface area contributed by atoms with Crippen molar-refractivity contribution in [3.8, 4) is 0 Å². The van der Waals surface area contributed by atoms with Crippen LogP contribution in [0.5, 0.6) is 0 Å². The maximum atomic E-state index is 14.3. The van der Waals surface area contributed by atoms with Gasteiger partial charge < -0.3 is 23.7 Å². The molecule has 2 aromatic rings. The van der Waals surface area contributed by atoms with Crippen molar-refractivity contribution in [1.82, 2.24) is 9.47 Å². The molecule has 6 atom stereocenters. The summed E-state index contributed by atoms with van der Waals surface area (Å²) in [5, 5.41) is 0.867. The molecule has 1 aliphatic carbocycles. The molecule has 0 radical (unpaired) electrons. The van der Waals surface area contributed by atoms with Gasteiger partial charge in [-0.15, -0.1) is 0 Å². The Labute approximate surface area is 219 Å². The number of rotatable bonds is 2. The summed E-state index contributed by atoms with van der Waals surface area (Å²) in [7, 11) is 0. The molecule has 9 nitrogen and oxygen atoms in total. The van der Waals surface area contributed by atoms with E-state index in [9.17, 15) is 9.59 Å². The maximum Gasteiger partial charge on any atom is 0.419 e. The molecule has 6 bridgehead atoms. The lowest BCUT2D eigenvalue weighted by atomic mass is 9.64. The van der Waals surface area contributed by atoms with Crippen molar-refractivity contribution in [2.24, 2.45) is 5.92 Å². The van der Waals surface area contributed by atoms with Gasteiger partial charge in [0.2, 0.25) is 5.60 Å². The number of esters is 1. The Morgan fingerprint density at radius 2 is 1.97 bits per heavy atom. The molecular weight excluding hydrogens is 496 g/mol. The third kappa shape index (κ3) is 2.59. The van der Waals surface area contributed by atoms with E-state index in [1.807, 2.05) is 45.0 Å². The standard InChI is InChI=1S/C27H30N2O7S/c1-5-32-21(30)25-14-33-27-16-10-12-28(13-11-26(25,27)35-23(37)36-27)19(16)18-15-8-6-7-9-17(15)29(20(18)25)22(31)34-24(2,3)4/h6-9,16,19H,5,10-14H2,1-4H3/t16?,19?,25-,26?,27?/m0/s1. The molecule has 7 rings (SSSR count). The van der Waals surface area contributed by atoms with Gasteiger partial charge in [-0.25, -0.2) is 9.36 Å². The van der Waals surface area contributed by atoms with Gasteiger partial charge in [0.05, 0.1) is 24.4 Å². The normalized spacial score (nSPS) is 36.9. The lowest BCUT2D eigenvalue weighted by Gasteiger charge is -2.43. The molecular formula is C27H30N2O7S. The Morgan fingerprint density at radius 3 is 2.73 bits per heavy atom. The van der Waals surface area contributed by atoms with Crippen molar-refractivity contribution >= 4 is 40.4 Å². The van der Waals surface area contributed by atoms with Crippen molar-refractivity contribution < 1.29 is 33.3 Å². The molecule has 1 aromatic heterocycles. The summed E-state index contributed by atoms with van der Waals surface area (Å²) in [5.74, 6) is -1.93. The van der Waals surface area contributed by atoms with E-state index in [2.05, 4.69) is 4.90 Å². The van der Waals surface area contributed by atoms with Gasteiger partial charge in [-0.2, -0.15) is 0 Å². The van der Waals surface area contributed by atoms with Crippen LogP contribution >= 0.6 is 12.2 Å². The number of fused-ring (bicyclic) bond motifs is 4. The first-order chi connectivity index (χ1) is 17.6. The second kappa shape index (κ2) is 7.24. The van der Waals surface area contributed by atoms with Crippen LogP contribution in [-0.2, 0) is 33.9 Å². The van der Waals surface area contributed by atoms with Crippen molar-refractivity contribution in [3.05, 3.63) is 35.5 Å². The predicted molar refractivity (Wildman–Crippen MR) is 135 cm³/mol. The third-order valence-corrected chi connectivity index (χ3v) is 8.97. The van der Waals surface area contributed by atoms with Gasteiger partial charge in [-0.3, -0.25) is 9.69 Å². The largest absolute Gasteiger partial charge is 0.465 e. The predicted octanol–water partition coefficient (Wildman–Crippen LogP) is 3.80. The molecule has 4 fully saturated rings. The van der Waals surface area contributed by atoms with Gasteiger partial charge in [0, 0.05) is 48.1 Å². The van der Waals surface area contributed by atoms with Crippen molar-refractivity contribution in [1.29, 1.82) is 0 Å². The first kappa shape index (κ1) is 23.4. The molecule has 10 heteroatoms. The minimum absolute atomic E-state index is 0.0316. The van der Waals surface area contributed by atoms with E-state index in [1.54, 1.807) is 11.5 Å². The Bertz CT molecular complexity index is 1380. The Balaban J connectivity index is 1.65. The molecule has 0 amide bonds. The number of hydrogen-bond acceptors (Lipinski definition) is 9. The highest BCUT2D eigenvalue weighted by atomic mass is 32.1. The van der Waals surface area contributed by atoms with Crippen LogP contribution in [0.3, 0.4) is 0 Å². The minimum Gasteiger partial charge on any atom is -0.465 e. The number of ether oxygens (including phenoxy) is 5. The molecule has 37 heavy (non-hydrogen) atoms. The molecule has 5 aliphatic rings. The number of para-hydroxylation sites is 1. The zero-order chi connectivity index (χ0) is 26.0. The molecule has 0 saturated carbocycles. The fourth-order valence-electron chi connectivity index (χ4n) is 7.73. The van der Waals surface area contributed by atoms with Gasteiger partial charge >= 0.3 is 17.3 Å². The Morgan fingerprint density at radius 1 is 1.19 bits per heavy atom. The highest BCUT2D eigenvalue weighted by molar-refractivity contribution is 7.79. The molecule has 196 valence electrons. The number of nitrogens with zero attached hydrogens (tertiary/aromatic N) is 2. The first-order valence-corrected chi connectivity index (χ1v) is 13.4. The number of carbonyl (C=O) groups is 2. The van der Waals surface area contributed by atoms with Crippen LogP contribution in [-0.4, -0.2) is 70.1 Å². The highest BCUT2D eigenvalue weighted by Crippen LogP contribution is 2.70. The fourth-order valence-corrected chi connectivity index (χ4v) is 8.00. The number of aromatic nitrogens is 1.